The van der Waals surface area contributed by atoms with Crippen LogP contribution in [0.2, 0.25) is 0 Å². The van der Waals surface area contributed by atoms with Crippen molar-refractivity contribution in [2.24, 2.45) is 5.41 Å². The zero-order valence-electron chi connectivity index (χ0n) is 10.2. The highest BCUT2D eigenvalue weighted by atomic mass is 16.3. The van der Waals surface area contributed by atoms with Gasteiger partial charge < -0.3 is 10.0 Å². The number of hydrogen-bond acceptors (Lipinski definition) is 3. The fraction of sp³-hybridized carbons (Fsp3) is 0.643. The number of pyridine rings is 1. The summed E-state index contributed by atoms with van der Waals surface area (Å²) < 4.78 is 0. The fourth-order valence-electron chi connectivity index (χ4n) is 2.75. The van der Waals surface area contributed by atoms with Gasteiger partial charge in [-0.3, -0.25) is 0 Å². The van der Waals surface area contributed by atoms with E-state index in [1.165, 1.54) is 18.4 Å². The Bertz CT molecular complexity index is 395. The second-order valence-corrected chi connectivity index (χ2v) is 5.52. The minimum atomic E-state index is 0.178. The molecule has 1 saturated heterocycles. The third-order valence-corrected chi connectivity index (χ3v) is 4.13. The maximum Gasteiger partial charge on any atom is 0.131 e. The van der Waals surface area contributed by atoms with E-state index in [1.807, 2.05) is 12.3 Å². The first-order chi connectivity index (χ1) is 8.33. The standard InChI is InChI=1S/C14H20N2O/c17-11-14(5-6-14)10-12-4-3-7-15-13(12)16-8-1-2-9-16/h3-4,7,17H,1-2,5-6,8-11H2. The smallest absolute Gasteiger partial charge is 0.131 e. The molecule has 3 nitrogen and oxygen atoms in total. The molecule has 1 N–H and O–H groups in total. The lowest BCUT2D eigenvalue weighted by molar-refractivity contribution is 0.211. The van der Waals surface area contributed by atoms with Gasteiger partial charge in [-0.05, 0) is 49.1 Å². The van der Waals surface area contributed by atoms with Crippen molar-refractivity contribution in [3.8, 4) is 0 Å². The van der Waals surface area contributed by atoms with Gasteiger partial charge in [0.2, 0.25) is 0 Å². The summed E-state index contributed by atoms with van der Waals surface area (Å²) in [5.74, 6) is 1.16. The Kier molecular flexibility index (Phi) is 2.79. The van der Waals surface area contributed by atoms with Crippen LogP contribution >= 0.6 is 0 Å². The van der Waals surface area contributed by atoms with E-state index in [-0.39, 0.29) is 5.41 Å². The van der Waals surface area contributed by atoms with E-state index in [2.05, 4.69) is 16.0 Å². The van der Waals surface area contributed by atoms with E-state index in [0.717, 1.165) is 38.2 Å². The molecule has 17 heavy (non-hydrogen) atoms. The van der Waals surface area contributed by atoms with E-state index in [1.54, 1.807) is 0 Å². The van der Waals surface area contributed by atoms with E-state index in [9.17, 15) is 5.11 Å². The highest BCUT2D eigenvalue weighted by molar-refractivity contribution is 5.48. The van der Waals surface area contributed by atoms with Crippen LogP contribution in [-0.4, -0.2) is 29.8 Å². The molecule has 0 amide bonds. The lowest BCUT2D eigenvalue weighted by atomic mass is 9.97. The molecular formula is C14H20N2O. The predicted molar refractivity (Wildman–Crippen MR) is 68.1 cm³/mol. The fourth-order valence-corrected chi connectivity index (χ4v) is 2.75. The van der Waals surface area contributed by atoms with Gasteiger partial charge >= 0.3 is 0 Å². The number of rotatable bonds is 4. The zero-order chi connectivity index (χ0) is 11.7. The molecule has 2 aliphatic rings. The molecule has 1 aromatic rings. The number of aliphatic hydroxyl groups is 1. The molecule has 3 rings (SSSR count). The molecular weight excluding hydrogens is 212 g/mol. The molecule has 0 radical (unpaired) electrons. The van der Waals surface area contributed by atoms with E-state index in [4.69, 9.17) is 0 Å². The van der Waals surface area contributed by atoms with Gasteiger partial charge in [0.15, 0.2) is 0 Å². The van der Waals surface area contributed by atoms with Crippen LogP contribution in [0.3, 0.4) is 0 Å². The highest BCUT2D eigenvalue weighted by Gasteiger charge is 2.42. The Labute approximate surface area is 102 Å². The SMILES string of the molecule is OCC1(Cc2cccnc2N2CCCC2)CC1. The van der Waals surface area contributed by atoms with Crippen molar-refractivity contribution in [3.63, 3.8) is 0 Å². The van der Waals surface area contributed by atoms with Crippen LogP contribution in [0.5, 0.6) is 0 Å². The zero-order valence-corrected chi connectivity index (χ0v) is 10.2. The molecule has 1 aliphatic heterocycles. The molecule has 92 valence electrons. The first-order valence-electron chi connectivity index (χ1n) is 6.63. The molecule has 0 bridgehead atoms. The van der Waals surface area contributed by atoms with Crippen molar-refractivity contribution < 1.29 is 5.11 Å². The Morgan fingerprint density at radius 3 is 2.71 bits per heavy atom. The molecule has 2 heterocycles. The maximum absolute atomic E-state index is 9.44. The van der Waals surface area contributed by atoms with Gasteiger partial charge in [-0.1, -0.05) is 6.07 Å². The number of aliphatic hydroxyl groups excluding tert-OH is 1. The minimum absolute atomic E-state index is 0.178. The summed E-state index contributed by atoms with van der Waals surface area (Å²) in [6, 6.07) is 4.19. The average Bonchev–Trinajstić information content (AvgIpc) is 2.92. The van der Waals surface area contributed by atoms with Crippen LogP contribution < -0.4 is 4.90 Å². The Morgan fingerprint density at radius 2 is 2.06 bits per heavy atom. The normalized spacial score (nSPS) is 21.8. The summed E-state index contributed by atoms with van der Waals surface area (Å²) in [5.41, 5.74) is 1.50. The molecule has 0 aromatic carbocycles. The number of hydrogen-bond donors (Lipinski definition) is 1. The third-order valence-electron chi connectivity index (χ3n) is 4.13. The summed E-state index contributed by atoms with van der Waals surface area (Å²) in [5, 5.41) is 9.44. The molecule has 0 unspecified atom stereocenters. The summed E-state index contributed by atoms with van der Waals surface area (Å²) in [6.07, 6.45) is 7.76. The Balaban J connectivity index is 1.83. The summed E-state index contributed by atoms with van der Waals surface area (Å²) in [7, 11) is 0. The number of aromatic nitrogens is 1. The lowest BCUT2D eigenvalue weighted by Gasteiger charge is -2.21. The highest BCUT2D eigenvalue weighted by Crippen LogP contribution is 2.48. The average molecular weight is 232 g/mol. The second kappa shape index (κ2) is 4.30. The predicted octanol–water partition coefficient (Wildman–Crippen LogP) is 2.00. The van der Waals surface area contributed by atoms with Crippen molar-refractivity contribution in [2.45, 2.75) is 32.1 Å². The van der Waals surface area contributed by atoms with Crippen molar-refractivity contribution in [2.75, 3.05) is 24.6 Å². The van der Waals surface area contributed by atoms with Crippen molar-refractivity contribution in [1.29, 1.82) is 0 Å². The van der Waals surface area contributed by atoms with Crippen LogP contribution in [0.4, 0.5) is 5.82 Å². The van der Waals surface area contributed by atoms with Crippen LogP contribution in [0.15, 0.2) is 18.3 Å². The van der Waals surface area contributed by atoms with Crippen LogP contribution in [0, 0.1) is 5.41 Å². The lowest BCUT2D eigenvalue weighted by Crippen LogP contribution is -2.22. The van der Waals surface area contributed by atoms with Gasteiger partial charge in [0, 0.05) is 25.9 Å². The van der Waals surface area contributed by atoms with E-state index in [0.29, 0.717) is 6.61 Å². The van der Waals surface area contributed by atoms with Crippen LogP contribution in [0.25, 0.3) is 0 Å². The van der Waals surface area contributed by atoms with Crippen molar-refractivity contribution in [3.05, 3.63) is 23.9 Å². The Hall–Kier alpha value is -1.09. The monoisotopic (exact) mass is 232 g/mol. The largest absolute Gasteiger partial charge is 0.396 e. The van der Waals surface area contributed by atoms with Gasteiger partial charge in [-0.2, -0.15) is 0 Å². The number of anilines is 1. The number of nitrogens with zero attached hydrogens (tertiary/aromatic N) is 2. The van der Waals surface area contributed by atoms with Crippen molar-refractivity contribution >= 4 is 5.82 Å². The molecule has 0 spiro atoms. The molecule has 1 saturated carbocycles. The van der Waals surface area contributed by atoms with Gasteiger partial charge in [-0.15, -0.1) is 0 Å². The first-order valence-corrected chi connectivity index (χ1v) is 6.63. The van der Waals surface area contributed by atoms with Gasteiger partial charge in [-0.25, -0.2) is 4.98 Å². The van der Waals surface area contributed by atoms with Crippen molar-refractivity contribution in [1.82, 2.24) is 4.98 Å². The molecule has 2 fully saturated rings. The van der Waals surface area contributed by atoms with E-state index < -0.39 is 0 Å². The Morgan fingerprint density at radius 1 is 1.29 bits per heavy atom. The topological polar surface area (TPSA) is 36.4 Å². The second-order valence-electron chi connectivity index (χ2n) is 5.52. The summed E-state index contributed by atoms with van der Waals surface area (Å²) >= 11 is 0. The van der Waals surface area contributed by atoms with Gasteiger partial charge in [0.05, 0.1) is 0 Å². The van der Waals surface area contributed by atoms with Gasteiger partial charge in [0.1, 0.15) is 5.82 Å². The summed E-state index contributed by atoms with van der Waals surface area (Å²) in [4.78, 5) is 6.94. The van der Waals surface area contributed by atoms with Crippen LogP contribution in [-0.2, 0) is 6.42 Å². The summed E-state index contributed by atoms with van der Waals surface area (Å²) in [6.45, 7) is 2.59. The van der Waals surface area contributed by atoms with Gasteiger partial charge in [0.25, 0.3) is 0 Å². The first kappa shape index (κ1) is 11.0. The third kappa shape index (κ3) is 2.16. The molecule has 1 aromatic heterocycles. The minimum Gasteiger partial charge on any atom is -0.396 e. The molecule has 3 heteroatoms. The quantitative estimate of drug-likeness (QED) is 0.862. The molecule has 0 atom stereocenters. The molecule has 1 aliphatic carbocycles. The van der Waals surface area contributed by atoms with Crippen LogP contribution in [0.1, 0.15) is 31.2 Å². The van der Waals surface area contributed by atoms with E-state index >= 15 is 0 Å². The maximum atomic E-state index is 9.44.